The molecular formula is C16H24N2O3. The zero-order valence-corrected chi connectivity index (χ0v) is 12.9. The van der Waals surface area contributed by atoms with Crippen molar-refractivity contribution in [1.29, 1.82) is 0 Å². The number of aliphatic hydroxyl groups excluding tert-OH is 1. The maximum atomic E-state index is 12.1. The first-order valence-corrected chi connectivity index (χ1v) is 7.38. The van der Waals surface area contributed by atoms with Crippen molar-refractivity contribution in [3.8, 4) is 0 Å². The van der Waals surface area contributed by atoms with Crippen LogP contribution in [0.15, 0.2) is 24.3 Å². The quantitative estimate of drug-likeness (QED) is 0.877. The number of nitrogens with one attached hydrogen (secondary N) is 1. The lowest BCUT2D eigenvalue weighted by atomic mass is 9.88. The van der Waals surface area contributed by atoms with E-state index in [1.165, 1.54) is 0 Å². The van der Waals surface area contributed by atoms with Gasteiger partial charge < -0.3 is 20.1 Å². The molecule has 1 fully saturated rings. The zero-order valence-electron chi connectivity index (χ0n) is 12.9. The summed E-state index contributed by atoms with van der Waals surface area (Å²) in [7, 11) is 1.76. The molecule has 0 unspecified atom stereocenters. The van der Waals surface area contributed by atoms with Crippen molar-refractivity contribution in [3.05, 3.63) is 29.8 Å². The van der Waals surface area contributed by atoms with E-state index in [1.54, 1.807) is 11.9 Å². The van der Waals surface area contributed by atoms with Crippen LogP contribution in [0.4, 0.5) is 10.5 Å². The minimum atomic E-state index is -0.262. The summed E-state index contributed by atoms with van der Waals surface area (Å²) >= 11 is 0. The lowest BCUT2D eigenvalue weighted by Gasteiger charge is -2.38. The van der Waals surface area contributed by atoms with Gasteiger partial charge in [-0.3, -0.25) is 0 Å². The SMILES string of the molecule is CC(C)OCc1cccc(NC(=O)N(C)C2CC(O)C2)c1. The molecule has 1 aromatic carbocycles. The van der Waals surface area contributed by atoms with Gasteiger partial charge in [-0.1, -0.05) is 12.1 Å². The predicted octanol–water partition coefficient (Wildman–Crippen LogP) is 2.60. The molecule has 2 rings (SSSR count). The van der Waals surface area contributed by atoms with Crippen LogP contribution in [0.2, 0.25) is 0 Å². The Hall–Kier alpha value is -1.59. The molecule has 0 aliphatic heterocycles. The minimum Gasteiger partial charge on any atom is -0.393 e. The van der Waals surface area contributed by atoms with E-state index in [2.05, 4.69) is 5.32 Å². The fraction of sp³-hybridized carbons (Fsp3) is 0.562. The van der Waals surface area contributed by atoms with Crippen LogP contribution in [-0.4, -0.2) is 41.3 Å². The summed E-state index contributed by atoms with van der Waals surface area (Å²) in [6.07, 6.45) is 1.24. The van der Waals surface area contributed by atoms with Gasteiger partial charge in [0.2, 0.25) is 0 Å². The fourth-order valence-corrected chi connectivity index (χ4v) is 2.25. The Balaban J connectivity index is 1.89. The number of benzene rings is 1. The van der Waals surface area contributed by atoms with Gasteiger partial charge in [-0.05, 0) is 44.4 Å². The Bertz CT molecular complexity index is 484. The summed E-state index contributed by atoms with van der Waals surface area (Å²) in [6.45, 7) is 4.52. The molecule has 2 amide bonds. The predicted molar refractivity (Wildman–Crippen MR) is 82.2 cm³/mol. The summed E-state index contributed by atoms with van der Waals surface area (Å²) < 4.78 is 5.56. The van der Waals surface area contributed by atoms with Crippen LogP contribution >= 0.6 is 0 Å². The molecule has 0 radical (unpaired) electrons. The number of urea groups is 1. The van der Waals surface area contributed by atoms with E-state index in [-0.39, 0.29) is 24.3 Å². The van der Waals surface area contributed by atoms with E-state index in [9.17, 15) is 9.90 Å². The van der Waals surface area contributed by atoms with Gasteiger partial charge in [-0.25, -0.2) is 4.79 Å². The average Bonchev–Trinajstić information content (AvgIpc) is 2.41. The van der Waals surface area contributed by atoms with Crippen LogP contribution in [0.25, 0.3) is 0 Å². The number of amides is 2. The smallest absolute Gasteiger partial charge is 0.321 e. The molecule has 1 aromatic rings. The molecule has 0 bridgehead atoms. The first kappa shape index (κ1) is 15.8. The van der Waals surface area contributed by atoms with Gasteiger partial charge in [0, 0.05) is 18.8 Å². The molecule has 0 heterocycles. The van der Waals surface area contributed by atoms with Crippen molar-refractivity contribution in [2.75, 3.05) is 12.4 Å². The number of anilines is 1. The molecule has 1 aliphatic carbocycles. The van der Waals surface area contributed by atoms with Crippen molar-refractivity contribution in [2.45, 2.75) is 51.5 Å². The van der Waals surface area contributed by atoms with Crippen molar-refractivity contribution in [2.24, 2.45) is 0 Å². The lowest BCUT2D eigenvalue weighted by molar-refractivity contribution is 0.0282. The Morgan fingerprint density at radius 1 is 1.48 bits per heavy atom. The van der Waals surface area contributed by atoms with Crippen molar-refractivity contribution >= 4 is 11.7 Å². The Kier molecular flexibility index (Phi) is 5.20. The number of hydrogen-bond acceptors (Lipinski definition) is 3. The molecule has 21 heavy (non-hydrogen) atoms. The third kappa shape index (κ3) is 4.44. The number of hydrogen-bond donors (Lipinski definition) is 2. The first-order valence-electron chi connectivity index (χ1n) is 7.38. The molecule has 0 spiro atoms. The highest BCUT2D eigenvalue weighted by atomic mass is 16.5. The van der Waals surface area contributed by atoms with Gasteiger partial charge in [0.1, 0.15) is 0 Å². The summed E-state index contributed by atoms with van der Waals surface area (Å²) in [5, 5.41) is 12.2. The molecule has 0 aromatic heterocycles. The van der Waals surface area contributed by atoms with E-state index >= 15 is 0 Å². The minimum absolute atomic E-state index is 0.132. The van der Waals surface area contributed by atoms with Gasteiger partial charge in [0.25, 0.3) is 0 Å². The number of ether oxygens (including phenoxy) is 1. The van der Waals surface area contributed by atoms with Gasteiger partial charge >= 0.3 is 6.03 Å². The molecule has 5 heteroatoms. The number of rotatable bonds is 5. The highest BCUT2D eigenvalue weighted by Gasteiger charge is 2.32. The van der Waals surface area contributed by atoms with Crippen molar-refractivity contribution in [3.63, 3.8) is 0 Å². The second-order valence-electron chi connectivity index (χ2n) is 5.88. The number of carbonyl (C=O) groups excluding carboxylic acids is 1. The van der Waals surface area contributed by atoms with Gasteiger partial charge in [-0.2, -0.15) is 0 Å². The van der Waals surface area contributed by atoms with Gasteiger partial charge in [0.05, 0.1) is 18.8 Å². The topological polar surface area (TPSA) is 61.8 Å². The molecule has 116 valence electrons. The highest BCUT2D eigenvalue weighted by molar-refractivity contribution is 5.89. The van der Waals surface area contributed by atoms with Crippen LogP contribution in [0.1, 0.15) is 32.3 Å². The van der Waals surface area contributed by atoms with Crippen molar-refractivity contribution in [1.82, 2.24) is 4.90 Å². The molecule has 5 nitrogen and oxygen atoms in total. The van der Waals surface area contributed by atoms with Crippen LogP contribution in [0, 0.1) is 0 Å². The lowest BCUT2D eigenvalue weighted by Crippen LogP contribution is -2.49. The Labute approximate surface area is 125 Å². The number of aliphatic hydroxyl groups is 1. The maximum absolute atomic E-state index is 12.1. The van der Waals surface area contributed by atoms with Crippen LogP contribution in [0.3, 0.4) is 0 Å². The largest absolute Gasteiger partial charge is 0.393 e. The maximum Gasteiger partial charge on any atom is 0.321 e. The second kappa shape index (κ2) is 6.91. The van der Waals surface area contributed by atoms with Crippen LogP contribution in [-0.2, 0) is 11.3 Å². The van der Waals surface area contributed by atoms with Crippen LogP contribution in [0.5, 0.6) is 0 Å². The van der Waals surface area contributed by atoms with E-state index < -0.39 is 0 Å². The number of nitrogens with zero attached hydrogens (tertiary/aromatic N) is 1. The second-order valence-corrected chi connectivity index (χ2v) is 5.88. The Morgan fingerprint density at radius 2 is 2.19 bits per heavy atom. The van der Waals surface area contributed by atoms with E-state index in [4.69, 9.17) is 4.74 Å². The summed E-state index contributed by atoms with van der Waals surface area (Å²) in [4.78, 5) is 13.8. The third-order valence-electron chi connectivity index (χ3n) is 3.72. The summed E-state index contributed by atoms with van der Waals surface area (Å²) in [6, 6.07) is 7.65. The normalized spacial score (nSPS) is 21.0. The summed E-state index contributed by atoms with van der Waals surface area (Å²) in [5.74, 6) is 0. The average molecular weight is 292 g/mol. The highest BCUT2D eigenvalue weighted by Crippen LogP contribution is 2.25. The molecule has 1 saturated carbocycles. The first-order chi connectivity index (χ1) is 9.95. The van der Waals surface area contributed by atoms with E-state index in [0.29, 0.717) is 19.4 Å². The third-order valence-corrected chi connectivity index (χ3v) is 3.72. The molecule has 1 aliphatic rings. The monoisotopic (exact) mass is 292 g/mol. The summed E-state index contributed by atoms with van der Waals surface area (Å²) in [5.41, 5.74) is 1.79. The van der Waals surface area contributed by atoms with E-state index in [1.807, 2.05) is 38.1 Å². The molecule has 0 saturated heterocycles. The standard InChI is InChI=1S/C16H24N2O3/c1-11(2)21-10-12-5-4-6-13(7-12)17-16(20)18(3)14-8-15(19)9-14/h4-7,11,14-15,19H,8-10H2,1-3H3,(H,17,20). The molecule has 2 N–H and O–H groups in total. The van der Waals surface area contributed by atoms with Crippen LogP contribution < -0.4 is 5.32 Å². The van der Waals surface area contributed by atoms with Gasteiger partial charge in [-0.15, -0.1) is 0 Å². The Morgan fingerprint density at radius 3 is 2.81 bits per heavy atom. The number of carbonyl (C=O) groups is 1. The molecule has 0 atom stereocenters. The fourth-order valence-electron chi connectivity index (χ4n) is 2.25. The van der Waals surface area contributed by atoms with Crippen molar-refractivity contribution < 1.29 is 14.6 Å². The van der Waals surface area contributed by atoms with E-state index in [0.717, 1.165) is 11.3 Å². The molecular weight excluding hydrogens is 268 g/mol. The zero-order chi connectivity index (χ0) is 15.4. The van der Waals surface area contributed by atoms with Gasteiger partial charge in [0.15, 0.2) is 0 Å².